The maximum atomic E-state index is 12.0. The molecule has 7 heteroatoms. The highest BCUT2D eigenvalue weighted by molar-refractivity contribution is 7.99. The van der Waals surface area contributed by atoms with E-state index in [-0.39, 0.29) is 17.1 Å². The molecule has 0 spiro atoms. The first-order valence-electron chi connectivity index (χ1n) is 8.90. The minimum absolute atomic E-state index is 0.0890. The summed E-state index contributed by atoms with van der Waals surface area (Å²) in [6.45, 7) is 6.88. The molecule has 0 saturated heterocycles. The Morgan fingerprint density at radius 1 is 1.11 bits per heavy atom. The normalized spacial score (nSPS) is 11.4. The van der Waals surface area contributed by atoms with Gasteiger partial charge in [0, 0.05) is 17.1 Å². The van der Waals surface area contributed by atoms with Gasteiger partial charge in [-0.2, -0.15) is 0 Å². The van der Waals surface area contributed by atoms with Crippen LogP contribution in [0.3, 0.4) is 0 Å². The van der Waals surface area contributed by atoms with Gasteiger partial charge in [0.1, 0.15) is 0 Å². The van der Waals surface area contributed by atoms with Crippen LogP contribution in [-0.4, -0.2) is 21.9 Å². The summed E-state index contributed by atoms with van der Waals surface area (Å²) in [5, 5.41) is 11.9. The Labute approximate surface area is 173 Å². The predicted octanol–water partition coefficient (Wildman–Crippen LogP) is 5.10. The molecule has 1 heterocycles. The van der Waals surface area contributed by atoms with Crippen LogP contribution in [0.25, 0.3) is 11.5 Å². The Bertz CT molecular complexity index is 949. The van der Waals surface area contributed by atoms with Crippen molar-refractivity contribution in [2.45, 2.75) is 38.0 Å². The van der Waals surface area contributed by atoms with E-state index in [2.05, 4.69) is 48.4 Å². The van der Waals surface area contributed by atoms with E-state index in [0.717, 1.165) is 11.1 Å². The number of rotatable bonds is 6. The third kappa shape index (κ3) is 5.36. The Balaban J connectivity index is 1.53. The number of hydrogen-bond donors (Lipinski definition) is 1. The van der Waals surface area contributed by atoms with E-state index in [4.69, 9.17) is 16.0 Å². The molecule has 146 valence electrons. The van der Waals surface area contributed by atoms with Crippen molar-refractivity contribution in [3.63, 3.8) is 0 Å². The molecule has 1 N–H and O–H groups in total. The van der Waals surface area contributed by atoms with Gasteiger partial charge in [0.2, 0.25) is 11.8 Å². The van der Waals surface area contributed by atoms with Gasteiger partial charge in [0.05, 0.1) is 5.75 Å². The summed E-state index contributed by atoms with van der Waals surface area (Å²) in [7, 11) is 0. The van der Waals surface area contributed by atoms with Gasteiger partial charge < -0.3 is 9.73 Å². The summed E-state index contributed by atoms with van der Waals surface area (Å²) in [6, 6.07) is 15.5. The van der Waals surface area contributed by atoms with Gasteiger partial charge in [0.25, 0.3) is 5.22 Å². The van der Waals surface area contributed by atoms with Crippen LogP contribution in [0.4, 0.5) is 0 Å². The van der Waals surface area contributed by atoms with E-state index >= 15 is 0 Å². The van der Waals surface area contributed by atoms with Gasteiger partial charge in [-0.1, -0.05) is 74.5 Å². The molecule has 0 aliphatic rings. The topological polar surface area (TPSA) is 68.0 Å². The lowest BCUT2D eigenvalue weighted by Gasteiger charge is -2.18. The number of thioether (sulfide) groups is 1. The molecule has 0 aliphatic carbocycles. The predicted molar refractivity (Wildman–Crippen MR) is 112 cm³/mol. The van der Waals surface area contributed by atoms with Crippen LogP contribution < -0.4 is 5.32 Å². The molecule has 28 heavy (non-hydrogen) atoms. The number of nitrogens with zero attached hydrogens (tertiary/aromatic N) is 2. The fraction of sp³-hybridized carbons (Fsp3) is 0.286. The van der Waals surface area contributed by atoms with Crippen molar-refractivity contribution >= 4 is 29.3 Å². The third-order valence-corrected chi connectivity index (χ3v) is 5.35. The SMILES string of the molecule is CC(C)(C)c1ccc(-c2nnc(SCC(=O)NCc3ccccc3Cl)o2)cc1. The molecule has 0 unspecified atom stereocenters. The summed E-state index contributed by atoms with van der Waals surface area (Å²) < 4.78 is 5.67. The zero-order valence-corrected chi connectivity index (χ0v) is 17.6. The highest BCUT2D eigenvalue weighted by Crippen LogP contribution is 2.27. The maximum Gasteiger partial charge on any atom is 0.277 e. The van der Waals surface area contributed by atoms with E-state index in [1.165, 1.54) is 17.3 Å². The maximum absolute atomic E-state index is 12.0. The molecule has 3 aromatic rings. The Morgan fingerprint density at radius 2 is 1.82 bits per heavy atom. The smallest absolute Gasteiger partial charge is 0.277 e. The zero-order valence-electron chi connectivity index (χ0n) is 16.0. The lowest BCUT2D eigenvalue weighted by atomic mass is 9.87. The summed E-state index contributed by atoms with van der Waals surface area (Å²) in [5.74, 6) is 0.508. The van der Waals surface area contributed by atoms with Gasteiger partial charge in [-0.25, -0.2) is 0 Å². The van der Waals surface area contributed by atoms with E-state index in [1.807, 2.05) is 30.3 Å². The average molecular weight is 416 g/mol. The molecule has 1 amide bonds. The van der Waals surface area contributed by atoms with Crippen molar-refractivity contribution in [1.29, 1.82) is 0 Å². The van der Waals surface area contributed by atoms with Crippen LogP contribution in [0.5, 0.6) is 0 Å². The molecule has 0 fully saturated rings. The summed E-state index contributed by atoms with van der Waals surface area (Å²) in [4.78, 5) is 12.0. The quantitative estimate of drug-likeness (QED) is 0.567. The lowest BCUT2D eigenvalue weighted by Crippen LogP contribution is -2.24. The summed E-state index contributed by atoms with van der Waals surface area (Å²) >= 11 is 7.29. The second kappa shape index (κ2) is 8.80. The van der Waals surface area contributed by atoms with Gasteiger partial charge in [-0.3, -0.25) is 4.79 Å². The molecule has 1 aromatic heterocycles. The second-order valence-corrected chi connectivity index (χ2v) is 8.69. The van der Waals surface area contributed by atoms with E-state index in [0.29, 0.717) is 22.7 Å². The number of nitrogens with one attached hydrogen (secondary N) is 1. The number of benzene rings is 2. The minimum atomic E-state index is -0.126. The van der Waals surface area contributed by atoms with E-state index in [9.17, 15) is 4.79 Å². The van der Waals surface area contributed by atoms with Crippen molar-refractivity contribution < 1.29 is 9.21 Å². The van der Waals surface area contributed by atoms with Gasteiger partial charge in [0.15, 0.2) is 0 Å². The molecule has 2 aromatic carbocycles. The Morgan fingerprint density at radius 3 is 2.50 bits per heavy atom. The van der Waals surface area contributed by atoms with Crippen molar-refractivity contribution in [1.82, 2.24) is 15.5 Å². The van der Waals surface area contributed by atoms with Gasteiger partial charge in [-0.15, -0.1) is 10.2 Å². The molecule has 0 atom stereocenters. The fourth-order valence-corrected chi connectivity index (χ4v) is 3.31. The molecule has 0 bridgehead atoms. The lowest BCUT2D eigenvalue weighted by molar-refractivity contribution is -0.118. The molecule has 0 aliphatic heterocycles. The molecular formula is C21H22ClN3O2S. The average Bonchev–Trinajstić information content (AvgIpc) is 3.14. The Kier molecular flexibility index (Phi) is 6.42. The van der Waals surface area contributed by atoms with E-state index in [1.54, 1.807) is 6.07 Å². The molecular weight excluding hydrogens is 394 g/mol. The summed E-state index contributed by atoms with van der Waals surface area (Å²) in [6.07, 6.45) is 0. The van der Waals surface area contributed by atoms with Crippen molar-refractivity contribution in [2.75, 3.05) is 5.75 Å². The zero-order chi connectivity index (χ0) is 20.1. The molecule has 3 rings (SSSR count). The van der Waals surface area contributed by atoms with Gasteiger partial charge >= 0.3 is 0 Å². The minimum Gasteiger partial charge on any atom is -0.411 e. The monoisotopic (exact) mass is 415 g/mol. The largest absolute Gasteiger partial charge is 0.411 e. The van der Waals surface area contributed by atoms with Crippen LogP contribution in [-0.2, 0) is 16.8 Å². The van der Waals surface area contributed by atoms with Crippen LogP contribution >= 0.6 is 23.4 Å². The number of hydrogen-bond acceptors (Lipinski definition) is 5. The highest BCUT2D eigenvalue weighted by atomic mass is 35.5. The first-order valence-corrected chi connectivity index (χ1v) is 10.3. The van der Waals surface area contributed by atoms with Crippen molar-refractivity contribution in [3.8, 4) is 11.5 Å². The van der Waals surface area contributed by atoms with Crippen LogP contribution in [0.2, 0.25) is 5.02 Å². The number of carbonyl (C=O) groups is 1. The van der Waals surface area contributed by atoms with Crippen molar-refractivity contribution in [2.24, 2.45) is 0 Å². The van der Waals surface area contributed by atoms with Crippen LogP contribution in [0.15, 0.2) is 58.2 Å². The number of carbonyl (C=O) groups excluding carboxylic acids is 1. The third-order valence-electron chi connectivity index (χ3n) is 4.16. The number of aromatic nitrogens is 2. The van der Waals surface area contributed by atoms with Crippen LogP contribution in [0, 0.1) is 0 Å². The van der Waals surface area contributed by atoms with Crippen molar-refractivity contribution in [3.05, 3.63) is 64.7 Å². The first kappa shape index (κ1) is 20.4. The molecule has 5 nitrogen and oxygen atoms in total. The number of halogens is 1. The Hall–Kier alpha value is -2.31. The molecule has 0 radical (unpaired) electrons. The summed E-state index contributed by atoms with van der Waals surface area (Å²) in [5.41, 5.74) is 3.06. The standard InChI is InChI=1S/C21H22ClN3O2S/c1-21(2,3)16-10-8-14(9-11-16)19-24-25-20(27-19)28-13-18(26)23-12-15-6-4-5-7-17(15)22/h4-11H,12-13H2,1-3H3,(H,23,26). The highest BCUT2D eigenvalue weighted by Gasteiger charge is 2.15. The van der Waals surface area contributed by atoms with Crippen LogP contribution in [0.1, 0.15) is 31.9 Å². The molecule has 0 saturated carbocycles. The van der Waals surface area contributed by atoms with E-state index < -0.39 is 0 Å². The first-order chi connectivity index (χ1) is 13.3. The fourth-order valence-electron chi connectivity index (χ4n) is 2.51. The number of amides is 1. The second-order valence-electron chi connectivity index (χ2n) is 7.36. The van der Waals surface area contributed by atoms with Gasteiger partial charge in [-0.05, 0) is 34.7 Å².